The van der Waals surface area contributed by atoms with Gasteiger partial charge in [-0.15, -0.1) is 0 Å². The van der Waals surface area contributed by atoms with Crippen LogP contribution in [-0.4, -0.2) is 28.7 Å². The average Bonchev–Trinajstić information content (AvgIpc) is 2.53. The lowest BCUT2D eigenvalue weighted by atomic mass is 10.0. The summed E-state index contributed by atoms with van der Waals surface area (Å²) in [5.41, 5.74) is 0. The number of halogens is 1. The standard InChI is InChI=1S/C13H24BrNO/c1-3-7-11(2)13(16)15-9-6-4-5-8-12(15)10-14/h11-12H,3-10H2,1-2H3. The van der Waals surface area contributed by atoms with Crippen molar-refractivity contribution in [1.82, 2.24) is 4.90 Å². The van der Waals surface area contributed by atoms with E-state index in [1.807, 2.05) is 0 Å². The summed E-state index contributed by atoms with van der Waals surface area (Å²) in [5, 5.41) is 0.928. The van der Waals surface area contributed by atoms with Gasteiger partial charge in [-0.05, 0) is 19.3 Å². The molecule has 0 N–H and O–H groups in total. The fourth-order valence-corrected chi connectivity index (χ4v) is 3.14. The Morgan fingerprint density at radius 2 is 2.19 bits per heavy atom. The Labute approximate surface area is 108 Å². The molecule has 1 heterocycles. The van der Waals surface area contributed by atoms with Crippen molar-refractivity contribution >= 4 is 21.8 Å². The van der Waals surface area contributed by atoms with Crippen LogP contribution in [0.15, 0.2) is 0 Å². The molecule has 0 aliphatic carbocycles. The minimum atomic E-state index is 0.199. The highest BCUT2D eigenvalue weighted by molar-refractivity contribution is 9.09. The summed E-state index contributed by atoms with van der Waals surface area (Å²) in [6.07, 6.45) is 6.99. The van der Waals surface area contributed by atoms with E-state index >= 15 is 0 Å². The Balaban J connectivity index is 2.62. The first-order valence-corrected chi connectivity index (χ1v) is 7.69. The lowest BCUT2D eigenvalue weighted by Gasteiger charge is -2.31. The van der Waals surface area contributed by atoms with Crippen LogP contribution in [0, 0.1) is 5.92 Å². The average molecular weight is 290 g/mol. The van der Waals surface area contributed by atoms with Gasteiger partial charge in [-0.1, -0.05) is 49.0 Å². The molecule has 2 unspecified atom stereocenters. The van der Waals surface area contributed by atoms with Gasteiger partial charge in [0.15, 0.2) is 0 Å². The lowest BCUT2D eigenvalue weighted by molar-refractivity contribution is -0.137. The smallest absolute Gasteiger partial charge is 0.225 e. The number of rotatable bonds is 4. The van der Waals surface area contributed by atoms with E-state index in [-0.39, 0.29) is 5.92 Å². The Morgan fingerprint density at radius 1 is 1.44 bits per heavy atom. The predicted octanol–water partition coefficient (Wildman–Crippen LogP) is 3.59. The van der Waals surface area contributed by atoms with Gasteiger partial charge in [0.2, 0.25) is 5.91 Å². The van der Waals surface area contributed by atoms with Gasteiger partial charge in [-0.25, -0.2) is 0 Å². The number of carbonyl (C=O) groups excluding carboxylic acids is 1. The van der Waals surface area contributed by atoms with Gasteiger partial charge in [-0.3, -0.25) is 4.79 Å². The zero-order valence-corrected chi connectivity index (χ0v) is 12.1. The second kappa shape index (κ2) is 7.31. The third-order valence-electron chi connectivity index (χ3n) is 3.48. The number of likely N-dealkylation sites (tertiary alicyclic amines) is 1. The van der Waals surface area contributed by atoms with Crippen molar-refractivity contribution in [2.75, 3.05) is 11.9 Å². The van der Waals surface area contributed by atoms with Crippen molar-refractivity contribution in [3.05, 3.63) is 0 Å². The molecule has 0 bridgehead atoms. The first-order valence-electron chi connectivity index (χ1n) is 6.57. The van der Waals surface area contributed by atoms with Crippen LogP contribution in [0.5, 0.6) is 0 Å². The number of amides is 1. The fraction of sp³-hybridized carbons (Fsp3) is 0.923. The minimum absolute atomic E-state index is 0.199. The van der Waals surface area contributed by atoms with Crippen molar-refractivity contribution in [2.24, 2.45) is 5.92 Å². The van der Waals surface area contributed by atoms with Gasteiger partial charge >= 0.3 is 0 Å². The van der Waals surface area contributed by atoms with Crippen molar-refractivity contribution < 1.29 is 4.79 Å². The van der Waals surface area contributed by atoms with E-state index in [1.165, 1.54) is 19.3 Å². The number of hydrogen-bond donors (Lipinski definition) is 0. The molecule has 0 spiro atoms. The molecule has 2 atom stereocenters. The Kier molecular flexibility index (Phi) is 6.40. The number of hydrogen-bond acceptors (Lipinski definition) is 1. The van der Waals surface area contributed by atoms with E-state index in [1.54, 1.807) is 0 Å². The molecule has 1 rings (SSSR count). The summed E-state index contributed by atoms with van der Waals surface area (Å²) < 4.78 is 0. The van der Waals surface area contributed by atoms with Gasteiger partial charge in [0, 0.05) is 23.8 Å². The van der Waals surface area contributed by atoms with Crippen LogP contribution in [0.3, 0.4) is 0 Å². The molecule has 1 fully saturated rings. The van der Waals surface area contributed by atoms with Crippen LogP contribution in [0.4, 0.5) is 0 Å². The molecule has 2 nitrogen and oxygen atoms in total. The second-order valence-corrected chi connectivity index (χ2v) is 5.53. The summed E-state index contributed by atoms with van der Waals surface area (Å²) in [5.74, 6) is 0.567. The molecular formula is C13H24BrNO. The molecule has 1 aliphatic rings. The highest BCUT2D eigenvalue weighted by Gasteiger charge is 2.27. The van der Waals surface area contributed by atoms with Crippen molar-refractivity contribution in [1.29, 1.82) is 0 Å². The molecule has 0 saturated carbocycles. The quantitative estimate of drug-likeness (QED) is 0.725. The van der Waals surface area contributed by atoms with Crippen LogP contribution >= 0.6 is 15.9 Å². The molecule has 0 aromatic rings. The molecule has 0 aromatic carbocycles. The largest absolute Gasteiger partial charge is 0.339 e. The molecule has 1 saturated heterocycles. The topological polar surface area (TPSA) is 20.3 Å². The van der Waals surface area contributed by atoms with Gasteiger partial charge in [0.05, 0.1) is 0 Å². The first kappa shape index (κ1) is 14.0. The maximum absolute atomic E-state index is 12.3. The van der Waals surface area contributed by atoms with Crippen LogP contribution in [-0.2, 0) is 4.79 Å². The van der Waals surface area contributed by atoms with Gasteiger partial charge in [0.25, 0.3) is 0 Å². The molecular weight excluding hydrogens is 266 g/mol. The highest BCUT2D eigenvalue weighted by atomic mass is 79.9. The maximum atomic E-state index is 12.3. The number of carbonyl (C=O) groups is 1. The maximum Gasteiger partial charge on any atom is 0.225 e. The summed E-state index contributed by atoms with van der Waals surface area (Å²) in [4.78, 5) is 14.4. The van der Waals surface area contributed by atoms with Crippen molar-refractivity contribution in [2.45, 2.75) is 58.4 Å². The van der Waals surface area contributed by atoms with Crippen LogP contribution in [0.2, 0.25) is 0 Å². The summed E-state index contributed by atoms with van der Waals surface area (Å²) in [6, 6.07) is 0.425. The van der Waals surface area contributed by atoms with E-state index in [9.17, 15) is 4.79 Å². The Hall–Kier alpha value is -0.0500. The Bertz CT molecular complexity index is 220. The lowest BCUT2D eigenvalue weighted by Crippen LogP contribution is -2.43. The zero-order valence-electron chi connectivity index (χ0n) is 10.5. The van der Waals surface area contributed by atoms with E-state index in [2.05, 4.69) is 34.7 Å². The SMILES string of the molecule is CCCC(C)C(=O)N1CCCCCC1CBr. The zero-order chi connectivity index (χ0) is 12.0. The van der Waals surface area contributed by atoms with Crippen LogP contribution in [0.1, 0.15) is 52.4 Å². The fourth-order valence-electron chi connectivity index (χ4n) is 2.47. The molecule has 3 heteroatoms. The van der Waals surface area contributed by atoms with E-state index in [4.69, 9.17) is 0 Å². The number of nitrogens with zero attached hydrogens (tertiary/aromatic N) is 1. The molecule has 94 valence electrons. The summed E-state index contributed by atoms with van der Waals surface area (Å²) in [6.45, 7) is 5.18. The summed E-state index contributed by atoms with van der Waals surface area (Å²) >= 11 is 3.55. The van der Waals surface area contributed by atoms with Crippen LogP contribution in [0.25, 0.3) is 0 Å². The molecule has 0 aromatic heterocycles. The Morgan fingerprint density at radius 3 is 2.81 bits per heavy atom. The predicted molar refractivity (Wildman–Crippen MR) is 71.8 cm³/mol. The molecule has 16 heavy (non-hydrogen) atoms. The van der Waals surface area contributed by atoms with Crippen molar-refractivity contribution in [3.8, 4) is 0 Å². The normalized spacial score (nSPS) is 23.9. The van der Waals surface area contributed by atoms with E-state index in [0.29, 0.717) is 11.9 Å². The van der Waals surface area contributed by atoms with Crippen molar-refractivity contribution in [3.63, 3.8) is 0 Å². The monoisotopic (exact) mass is 289 g/mol. The third kappa shape index (κ3) is 3.76. The number of alkyl halides is 1. The summed E-state index contributed by atoms with van der Waals surface area (Å²) in [7, 11) is 0. The highest BCUT2D eigenvalue weighted by Crippen LogP contribution is 2.21. The van der Waals surface area contributed by atoms with Gasteiger partial charge in [0.1, 0.15) is 0 Å². The first-order chi connectivity index (χ1) is 7.70. The van der Waals surface area contributed by atoms with Gasteiger partial charge in [-0.2, -0.15) is 0 Å². The molecule has 1 amide bonds. The minimum Gasteiger partial charge on any atom is -0.339 e. The van der Waals surface area contributed by atoms with E-state index in [0.717, 1.165) is 31.1 Å². The second-order valence-electron chi connectivity index (χ2n) is 4.88. The van der Waals surface area contributed by atoms with Crippen LogP contribution < -0.4 is 0 Å². The van der Waals surface area contributed by atoms with E-state index < -0.39 is 0 Å². The molecule has 0 radical (unpaired) electrons. The third-order valence-corrected chi connectivity index (χ3v) is 4.23. The molecule has 1 aliphatic heterocycles. The van der Waals surface area contributed by atoms with Gasteiger partial charge < -0.3 is 4.90 Å².